The summed E-state index contributed by atoms with van der Waals surface area (Å²) in [6, 6.07) is 6.36. The van der Waals surface area contributed by atoms with Crippen molar-refractivity contribution < 1.29 is 19.1 Å². The van der Waals surface area contributed by atoms with E-state index in [9.17, 15) is 9.59 Å². The molecule has 1 aliphatic heterocycles. The van der Waals surface area contributed by atoms with Gasteiger partial charge in [-0.1, -0.05) is 18.2 Å². The zero-order valence-electron chi connectivity index (χ0n) is 12.5. The van der Waals surface area contributed by atoms with Crippen LogP contribution in [0.15, 0.2) is 35.5 Å². The molecule has 0 bridgehead atoms. The Hall–Kier alpha value is -2.50. The Labute approximate surface area is 123 Å². The lowest BCUT2D eigenvalue weighted by Crippen LogP contribution is -2.46. The summed E-state index contributed by atoms with van der Waals surface area (Å²) in [6.45, 7) is 1.72. The van der Waals surface area contributed by atoms with Gasteiger partial charge in [0.25, 0.3) is 0 Å². The molecule has 2 amide bonds. The van der Waals surface area contributed by atoms with Gasteiger partial charge in [0.05, 0.1) is 25.8 Å². The topological polar surface area (TPSA) is 67.9 Å². The molecular weight excluding hydrogens is 272 g/mol. The minimum Gasteiger partial charge on any atom is -0.496 e. The first-order valence-electron chi connectivity index (χ1n) is 6.47. The van der Waals surface area contributed by atoms with E-state index in [2.05, 4.69) is 5.32 Å². The molecule has 1 aliphatic rings. The first kappa shape index (κ1) is 14.9. The highest BCUT2D eigenvalue weighted by Crippen LogP contribution is 2.35. The van der Waals surface area contributed by atoms with E-state index in [4.69, 9.17) is 9.47 Å². The molecule has 0 unspecified atom stereocenters. The van der Waals surface area contributed by atoms with Crippen LogP contribution in [0.2, 0.25) is 0 Å². The SMILES string of the molecule is COC(=O)C1=C(C)N(C)C(=O)N[C@@H]1c1ccccc1OC. The average Bonchev–Trinajstić information content (AvgIpc) is 2.51. The normalized spacial score (nSPS) is 18.4. The van der Waals surface area contributed by atoms with Crippen LogP contribution < -0.4 is 10.1 Å². The van der Waals surface area contributed by atoms with Crippen molar-refractivity contribution >= 4 is 12.0 Å². The number of ether oxygens (including phenoxy) is 2. The van der Waals surface area contributed by atoms with E-state index in [0.29, 0.717) is 22.6 Å². The Bertz CT molecular complexity index is 609. The largest absolute Gasteiger partial charge is 0.496 e. The number of carbonyl (C=O) groups excluding carboxylic acids is 2. The van der Waals surface area contributed by atoms with Crippen LogP contribution in [-0.4, -0.2) is 38.2 Å². The van der Waals surface area contributed by atoms with Crippen LogP contribution in [0.1, 0.15) is 18.5 Å². The molecule has 0 aliphatic carbocycles. The molecule has 2 rings (SSSR count). The number of rotatable bonds is 3. The number of urea groups is 1. The van der Waals surface area contributed by atoms with Gasteiger partial charge in [0.1, 0.15) is 5.75 Å². The molecule has 6 heteroatoms. The predicted octanol–water partition coefficient (Wildman–Crippen LogP) is 1.84. The molecule has 0 aromatic heterocycles. The van der Waals surface area contributed by atoms with Crippen LogP contribution in [0.5, 0.6) is 5.75 Å². The van der Waals surface area contributed by atoms with Gasteiger partial charge in [-0.15, -0.1) is 0 Å². The van der Waals surface area contributed by atoms with E-state index >= 15 is 0 Å². The second kappa shape index (κ2) is 5.87. The Morgan fingerprint density at radius 2 is 1.95 bits per heavy atom. The lowest BCUT2D eigenvalue weighted by molar-refractivity contribution is -0.136. The number of para-hydroxylation sites is 1. The fourth-order valence-electron chi connectivity index (χ4n) is 2.35. The molecular formula is C15H18N2O4. The number of benzene rings is 1. The van der Waals surface area contributed by atoms with Crippen molar-refractivity contribution in [3.8, 4) is 5.75 Å². The van der Waals surface area contributed by atoms with Crippen molar-refractivity contribution in [1.82, 2.24) is 10.2 Å². The van der Waals surface area contributed by atoms with E-state index < -0.39 is 12.0 Å². The van der Waals surface area contributed by atoms with E-state index in [1.54, 1.807) is 27.1 Å². The van der Waals surface area contributed by atoms with E-state index in [1.807, 2.05) is 18.2 Å². The molecule has 1 N–H and O–H groups in total. The maximum absolute atomic E-state index is 12.1. The Morgan fingerprint density at radius 3 is 2.57 bits per heavy atom. The Kier molecular flexibility index (Phi) is 4.16. The zero-order chi connectivity index (χ0) is 15.6. The molecule has 1 atom stereocenters. The van der Waals surface area contributed by atoms with Crippen LogP contribution >= 0.6 is 0 Å². The monoisotopic (exact) mass is 290 g/mol. The van der Waals surface area contributed by atoms with Crippen LogP contribution in [-0.2, 0) is 9.53 Å². The third-order valence-electron chi connectivity index (χ3n) is 3.61. The van der Waals surface area contributed by atoms with Crippen molar-refractivity contribution in [1.29, 1.82) is 0 Å². The van der Waals surface area contributed by atoms with Crippen molar-refractivity contribution in [2.45, 2.75) is 13.0 Å². The summed E-state index contributed by atoms with van der Waals surface area (Å²) in [4.78, 5) is 25.5. The minimum absolute atomic E-state index is 0.281. The first-order valence-corrected chi connectivity index (χ1v) is 6.47. The Morgan fingerprint density at radius 1 is 1.29 bits per heavy atom. The summed E-state index contributed by atoms with van der Waals surface area (Å²) in [5.41, 5.74) is 1.66. The fraction of sp³-hybridized carbons (Fsp3) is 0.333. The smallest absolute Gasteiger partial charge is 0.337 e. The summed E-state index contributed by atoms with van der Waals surface area (Å²) in [7, 11) is 4.47. The lowest BCUT2D eigenvalue weighted by atomic mass is 9.94. The third kappa shape index (κ3) is 2.56. The maximum Gasteiger partial charge on any atom is 0.337 e. The van der Waals surface area contributed by atoms with Gasteiger partial charge in [0.15, 0.2) is 0 Å². The molecule has 1 aromatic rings. The van der Waals surface area contributed by atoms with Gasteiger partial charge in [-0.2, -0.15) is 0 Å². The van der Waals surface area contributed by atoms with Crippen molar-refractivity contribution in [2.75, 3.05) is 21.3 Å². The third-order valence-corrected chi connectivity index (χ3v) is 3.61. The van der Waals surface area contributed by atoms with Crippen molar-refractivity contribution in [3.63, 3.8) is 0 Å². The molecule has 6 nitrogen and oxygen atoms in total. The van der Waals surface area contributed by atoms with Gasteiger partial charge in [-0.3, -0.25) is 0 Å². The number of hydrogen-bond donors (Lipinski definition) is 1. The predicted molar refractivity (Wildman–Crippen MR) is 76.7 cm³/mol. The quantitative estimate of drug-likeness (QED) is 0.862. The molecule has 1 heterocycles. The van der Waals surface area contributed by atoms with E-state index in [0.717, 1.165) is 0 Å². The number of nitrogens with zero attached hydrogens (tertiary/aromatic N) is 1. The standard InChI is InChI=1S/C15H18N2O4/c1-9-12(14(18)21-4)13(16-15(19)17(9)2)10-7-5-6-8-11(10)20-3/h5-8,13H,1-4H3,(H,16,19)/t13-/m1/s1. The second-order valence-corrected chi connectivity index (χ2v) is 4.67. The number of esters is 1. The van der Waals surface area contributed by atoms with Gasteiger partial charge >= 0.3 is 12.0 Å². The lowest BCUT2D eigenvalue weighted by Gasteiger charge is -2.33. The van der Waals surface area contributed by atoms with Crippen LogP contribution in [0.4, 0.5) is 4.79 Å². The highest BCUT2D eigenvalue weighted by molar-refractivity contribution is 5.95. The summed E-state index contributed by atoms with van der Waals surface area (Å²) in [6.07, 6.45) is 0. The molecule has 0 saturated heterocycles. The molecule has 0 fully saturated rings. The highest BCUT2D eigenvalue weighted by Gasteiger charge is 2.35. The number of hydrogen-bond acceptors (Lipinski definition) is 4. The number of carbonyl (C=O) groups is 2. The second-order valence-electron chi connectivity index (χ2n) is 4.67. The number of amides is 2. The molecule has 0 radical (unpaired) electrons. The number of nitrogens with one attached hydrogen (secondary N) is 1. The Balaban J connectivity index is 2.59. The van der Waals surface area contributed by atoms with Crippen molar-refractivity contribution in [2.24, 2.45) is 0 Å². The van der Waals surface area contributed by atoms with Gasteiger partial charge in [0.2, 0.25) is 0 Å². The minimum atomic E-state index is -0.600. The van der Waals surface area contributed by atoms with Gasteiger partial charge < -0.3 is 19.7 Å². The van der Waals surface area contributed by atoms with Gasteiger partial charge in [-0.05, 0) is 13.0 Å². The first-order chi connectivity index (χ1) is 10.0. The summed E-state index contributed by atoms with van der Waals surface area (Å²) in [5.74, 6) is 0.122. The summed E-state index contributed by atoms with van der Waals surface area (Å²) < 4.78 is 10.2. The zero-order valence-corrected chi connectivity index (χ0v) is 12.5. The fourth-order valence-corrected chi connectivity index (χ4v) is 2.35. The molecule has 21 heavy (non-hydrogen) atoms. The van der Waals surface area contributed by atoms with Gasteiger partial charge in [0, 0.05) is 18.3 Å². The summed E-state index contributed by atoms with van der Waals surface area (Å²) in [5, 5.41) is 2.80. The number of methoxy groups -OCH3 is 2. The van der Waals surface area contributed by atoms with E-state index in [1.165, 1.54) is 12.0 Å². The summed E-state index contributed by atoms with van der Waals surface area (Å²) >= 11 is 0. The van der Waals surface area contributed by atoms with Crippen LogP contribution in [0.25, 0.3) is 0 Å². The van der Waals surface area contributed by atoms with Crippen LogP contribution in [0.3, 0.4) is 0 Å². The average molecular weight is 290 g/mol. The molecule has 0 spiro atoms. The van der Waals surface area contributed by atoms with E-state index in [-0.39, 0.29) is 6.03 Å². The number of allylic oxidation sites excluding steroid dienone is 1. The maximum atomic E-state index is 12.1. The van der Waals surface area contributed by atoms with Crippen LogP contribution in [0, 0.1) is 0 Å². The molecule has 1 aromatic carbocycles. The van der Waals surface area contributed by atoms with Gasteiger partial charge in [-0.25, -0.2) is 9.59 Å². The molecule has 112 valence electrons. The van der Waals surface area contributed by atoms with Crippen molar-refractivity contribution in [3.05, 3.63) is 41.1 Å². The highest BCUT2D eigenvalue weighted by atomic mass is 16.5. The molecule has 0 saturated carbocycles.